The van der Waals surface area contributed by atoms with Gasteiger partial charge in [0.1, 0.15) is 5.75 Å². The molecule has 4 rings (SSSR count). The molecule has 168 valence electrons. The number of nitrogens with one attached hydrogen (secondary N) is 1. The summed E-state index contributed by atoms with van der Waals surface area (Å²) in [6.07, 6.45) is 2.66. The molecule has 2 aromatic heterocycles. The van der Waals surface area contributed by atoms with E-state index < -0.39 is 0 Å². The van der Waals surface area contributed by atoms with Crippen molar-refractivity contribution in [2.75, 3.05) is 20.3 Å². The molecular weight excluding hydrogens is 444 g/mol. The third-order valence-corrected chi connectivity index (χ3v) is 6.50. The molecule has 3 aromatic rings. The average molecular weight is 471 g/mol. The van der Waals surface area contributed by atoms with E-state index in [1.165, 1.54) is 0 Å². The predicted molar refractivity (Wildman–Crippen MR) is 131 cm³/mol. The molecule has 0 aliphatic carbocycles. The van der Waals surface area contributed by atoms with Gasteiger partial charge in [0, 0.05) is 42.9 Å². The molecule has 2 unspecified atom stereocenters. The van der Waals surface area contributed by atoms with Crippen molar-refractivity contribution < 1.29 is 9.84 Å². The Labute approximate surface area is 198 Å². The van der Waals surface area contributed by atoms with E-state index in [1.54, 1.807) is 31.5 Å². The number of methoxy groups -OCH3 is 1. The number of aryl methyl sites for hydroxylation is 1. The lowest BCUT2D eigenvalue weighted by Gasteiger charge is -2.28. The highest BCUT2D eigenvalue weighted by Gasteiger charge is 2.41. The van der Waals surface area contributed by atoms with Crippen LogP contribution >= 0.6 is 23.8 Å². The quantitative estimate of drug-likeness (QED) is 0.380. The van der Waals surface area contributed by atoms with E-state index in [2.05, 4.69) is 28.2 Å². The number of phenols is 1. The summed E-state index contributed by atoms with van der Waals surface area (Å²) in [5.74, 6) is 0.182. The topological polar surface area (TPSA) is 62.5 Å². The Kier molecular flexibility index (Phi) is 6.69. The van der Waals surface area contributed by atoms with Gasteiger partial charge < -0.3 is 24.6 Å². The summed E-state index contributed by atoms with van der Waals surface area (Å²) in [7, 11) is 1.71. The van der Waals surface area contributed by atoms with Crippen molar-refractivity contribution in [3.8, 4) is 11.4 Å². The second-order valence-corrected chi connectivity index (χ2v) is 8.78. The monoisotopic (exact) mass is 470 g/mol. The van der Waals surface area contributed by atoms with E-state index in [0.717, 1.165) is 35.6 Å². The second kappa shape index (κ2) is 9.48. The molecule has 0 radical (unpaired) electrons. The molecule has 32 heavy (non-hydrogen) atoms. The first-order valence-corrected chi connectivity index (χ1v) is 11.4. The fourth-order valence-corrected chi connectivity index (χ4v) is 5.00. The summed E-state index contributed by atoms with van der Waals surface area (Å²) < 4.78 is 7.31. The molecule has 0 bridgehead atoms. The Balaban J connectivity index is 1.81. The number of aromatic hydroxyl groups is 1. The van der Waals surface area contributed by atoms with Crippen LogP contribution < -0.4 is 5.32 Å². The van der Waals surface area contributed by atoms with Crippen molar-refractivity contribution in [1.82, 2.24) is 19.8 Å². The smallest absolute Gasteiger partial charge is 0.170 e. The van der Waals surface area contributed by atoms with Crippen LogP contribution in [0.15, 0.2) is 48.7 Å². The summed E-state index contributed by atoms with van der Waals surface area (Å²) in [4.78, 5) is 6.83. The van der Waals surface area contributed by atoms with Gasteiger partial charge in [-0.3, -0.25) is 4.98 Å². The van der Waals surface area contributed by atoms with Gasteiger partial charge in [0.25, 0.3) is 0 Å². The Bertz CT molecular complexity index is 1120. The minimum absolute atomic E-state index is 0.0458. The van der Waals surface area contributed by atoms with Crippen LogP contribution in [0.25, 0.3) is 5.69 Å². The largest absolute Gasteiger partial charge is 0.506 e. The van der Waals surface area contributed by atoms with Gasteiger partial charge in [-0.15, -0.1) is 0 Å². The lowest BCUT2D eigenvalue weighted by Crippen LogP contribution is -2.31. The van der Waals surface area contributed by atoms with Crippen molar-refractivity contribution in [2.24, 2.45) is 0 Å². The van der Waals surface area contributed by atoms with Crippen LogP contribution in [0, 0.1) is 13.8 Å². The highest BCUT2D eigenvalue weighted by Crippen LogP contribution is 2.42. The van der Waals surface area contributed by atoms with E-state index in [4.69, 9.17) is 28.6 Å². The molecular formula is C24H27ClN4O2S. The Morgan fingerprint density at radius 2 is 2.03 bits per heavy atom. The maximum absolute atomic E-state index is 10.5. The van der Waals surface area contributed by atoms with Crippen LogP contribution in [0.4, 0.5) is 0 Å². The highest BCUT2D eigenvalue weighted by atomic mass is 35.5. The number of phenolic OH excluding ortho intramolecular Hbond substituents is 1. The van der Waals surface area contributed by atoms with Crippen molar-refractivity contribution in [3.63, 3.8) is 0 Å². The number of halogens is 1. The SMILES string of the molecule is COCCCN1C(=S)NC(c2ccccn2)C1c1cc(C)n(-c2cc(Cl)ccc2O)c1C. The molecule has 0 saturated carbocycles. The van der Waals surface area contributed by atoms with E-state index in [1.807, 2.05) is 29.7 Å². The van der Waals surface area contributed by atoms with Crippen LogP contribution in [0.2, 0.25) is 5.02 Å². The van der Waals surface area contributed by atoms with Gasteiger partial charge >= 0.3 is 0 Å². The van der Waals surface area contributed by atoms with E-state index >= 15 is 0 Å². The maximum atomic E-state index is 10.5. The van der Waals surface area contributed by atoms with E-state index in [9.17, 15) is 5.11 Å². The first-order chi connectivity index (χ1) is 15.4. The van der Waals surface area contributed by atoms with Gasteiger partial charge in [0.15, 0.2) is 5.11 Å². The number of ether oxygens (including phenoxy) is 1. The summed E-state index contributed by atoms with van der Waals surface area (Å²) >= 11 is 12.0. The summed E-state index contributed by atoms with van der Waals surface area (Å²) in [5, 5.41) is 15.3. The number of aromatic nitrogens is 2. The van der Waals surface area contributed by atoms with Gasteiger partial charge in [-0.1, -0.05) is 17.7 Å². The van der Waals surface area contributed by atoms with Crippen LogP contribution in [-0.2, 0) is 4.74 Å². The van der Waals surface area contributed by atoms with Crippen LogP contribution in [-0.4, -0.2) is 44.9 Å². The van der Waals surface area contributed by atoms with Crippen molar-refractivity contribution in [1.29, 1.82) is 0 Å². The van der Waals surface area contributed by atoms with Crippen molar-refractivity contribution in [2.45, 2.75) is 32.4 Å². The third kappa shape index (κ3) is 4.20. The zero-order chi connectivity index (χ0) is 22.8. The number of pyridine rings is 1. The molecule has 1 aliphatic heterocycles. The summed E-state index contributed by atoms with van der Waals surface area (Å²) in [6, 6.07) is 13.0. The standard InChI is InChI=1S/C24H27ClN4O2S/c1-15-13-18(16(2)29(15)20-14-17(25)8-9-21(20)30)23-22(19-7-4-5-10-26-19)27-24(32)28(23)11-6-12-31-3/h4-5,7-10,13-14,22-23,30H,6,11-12H2,1-3H3,(H,27,32). The molecule has 0 spiro atoms. The van der Waals surface area contributed by atoms with E-state index in [0.29, 0.717) is 22.4 Å². The average Bonchev–Trinajstić information content (AvgIpc) is 3.26. The number of thiocarbonyl (C=S) groups is 1. The Hall–Kier alpha value is -2.61. The van der Waals surface area contributed by atoms with Gasteiger partial charge in [0.05, 0.1) is 23.5 Å². The molecule has 3 heterocycles. The number of hydrogen-bond acceptors (Lipinski definition) is 4. The number of hydrogen-bond donors (Lipinski definition) is 2. The fraction of sp³-hybridized carbons (Fsp3) is 0.333. The molecule has 8 heteroatoms. The third-order valence-electron chi connectivity index (χ3n) is 5.91. The maximum Gasteiger partial charge on any atom is 0.170 e. The fourth-order valence-electron chi connectivity index (χ4n) is 4.50. The molecule has 2 atom stereocenters. The lowest BCUT2D eigenvalue weighted by atomic mass is 9.96. The normalized spacial score (nSPS) is 18.2. The highest BCUT2D eigenvalue weighted by molar-refractivity contribution is 7.80. The minimum Gasteiger partial charge on any atom is -0.506 e. The molecule has 1 aliphatic rings. The number of rotatable bonds is 7. The first-order valence-electron chi connectivity index (χ1n) is 10.6. The van der Waals surface area contributed by atoms with E-state index in [-0.39, 0.29) is 17.8 Å². The van der Waals surface area contributed by atoms with Crippen LogP contribution in [0.3, 0.4) is 0 Å². The van der Waals surface area contributed by atoms with Crippen molar-refractivity contribution in [3.05, 3.63) is 76.3 Å². The molecule has 1 aromatic carbocycles. The molecule has 1 fully saturated rings. The van der Waals surface area contributed by atoms with Crippen molar-refractivity contribution >= 4 is 28.9 Å². The van der Waals surface area contributed by atoms with Gasteiger partial charge in [0.2, 0.25) is 0 Å². The minimum atomic E-state index is -0.0897. The Morgan fingerprint density at radius 3 is 2.75 bits per heavy atom. The predicted octanol–water partition coefficient (Wildman–Crippen LogP) is 4.86. The summed E-state index contributed by atoms with van der Waals surface area (Å²) in [5.41, 5.74) is 4.75. The molecule has 1 saturated heterocycles. The number of benzene rings is 1. The summed E-state index contributed by atoms with van der Waals surface area (Å²) in [6.45, 7) is 5.52. The van der Waals surface area contributed by atoms with Gasteiger partial charge in [-0.25, -0.2) is 0 Å². The zero-order valence-corrected chi connectivity index (χ0v) is 20.0. The van der Waals surface area contributed by atoms with Crippen LogP contribution in [0.5, 0.6) is 5.75 Å². The molecule has 6 nitrogen and oxygen atoms in total. The first kappa shape index (κ1) is 22.6. The Morgan fingerprint density at radius 1 is 1.22 bits per heavy atom. The van der Waals surface area contributed by atoms with Gasteiger partial charge in [-0.05, 0) is 74.4 Å². The molecule has 0 amide bonds. The zero-order valence-electron chi connectivity index (χ0n) is 18.4. The number of nitrogens with zero attached hydrogens (tertiary/aromatic N) is 3. The van der Waals surface area contributed by atoms with Crippen LogP contribution in [0.1, 0.15) is 41.1 Å². The lowest BCUT2D eigenvalue weighted by molar-refractivity contribution is 0.180. The molecule has 2 N–H and O–H groups in total. The van der Waals surface area contributed by atoms with Gasteiger partial charge in [-0.2, -0.15) is 0 Å². The second-order valence-electron chi connectivity index (χ2n) is 7.96.